The molecule has 0 bridgehead atoms. The third-order valence-corrected chi connectivity index (χ3v) is 2.04. The predicted molar refractivity (Wildman–Crippen MR) is 50.6 cm³/mol. The molecule has 0 aromatic carbocycles. The first kappa shape index (κ1) is 9.77. The second-order valence-electron chi connectivity index (χ2n) is 3.11. The van der Waals surface area contributed by atoms with Crippen molar-refractivity contribution in [2.75, 3.05) is 13.6 Å². The Balaban J connectivity index is 2.94. The van der Waals surface area contributed by atoms with Crippen LogP contribution >= 0.6 is 0 Å². The minimum atomic E-state index is 0.0191. The summed E-state index contributed by atoms with van der Waals surface area (Å²) in [5, 5.41) is 4.12. The lowest BCUT2D eigenvalue weighted by atomic mass is 10.3. The third-order valence-electron chi connectivity index (χ3n) is 2.04. The van der Waals surface area contributed by atoms with Gasteiger partial charge in [0.1, 0.15) is 5.69 Å². The molecule has 1 heterocycles. The zero-order valence-electron chi connectivity index (χ0n) is 8.53. The van der Waals surface area contributed by atoms with E-state index in [1.165, 1.54) is 0 Å². The molecule has 13 heavy (non-hydrogen) atoms. The fourth-order valence-corrected chi connectivity index (χ4v) is 1.15. The molecule has 4 heteroatoms. The summed E-state index contributed by atoms with van der Waals surface area (Å²) in [6, 6.07) is 1.80. The number of rotatable bonds is 2. The summed E-state index contributed by atoms with van der Waals surface area (Å²) in [5.74, 6) is 0.0191. The highest BCUT2D eigenvalue weighted by Gasteiger charge is 2.14. The van der Waals surface area contributed by atoms with Crippen LogP contribution in [0, 0.1) is 6.92 Å². The van der Waals surface area contributed by atoms with Crippen LogP contribution in [-0.2, 0) is 7.05 Å². The molecule has 72 valence electrons. The number of amides is 1. The maximum absolute atomic E-state index is 11.7. The summed E-state index contributed by atoms with van der Waals surface area (Å²) >= 11 is 0. The molecule has 0 aliphatic carbocycles. The number of hydrogen-bond acceptors (Lipinski definition) is 2. The lowest BCUT2D eigenvalue weighted by Gasteiger charge is -2.13. The number of aromatic nitrogens is 2. The van der Waals surface area contributed by atoms with Crippen molar-refractivity contribution in [1.82, 2.24) is 14.7 Å². The van der Waals surface area contributed by atoms with Gasteiger partial charge in [0, 0.05) is 20.6 Å². The first-order valence-electron chi connectivity index (χ1n) is 4.32. The summed E-state index contributed by atoms with van der Waals surface area (Å²) < 4.78 is 1.61. The molecule has 4 nitrogen and oxygen atoms in total. The van der Waals surface area contributed by atoms with Crippen LogP contribution in [-0.4, -0.2) is 34.2 Å². The molecule has 0 atom stereocenters. The average molecular weight is 181 g/mol. The molecule has 1 amide bonds. The predicted octanol–water partition coefficient (Wildman–Crippen LogP) is 0.820. The van der Waals surface area contributed by atoms with Gasteiger partial charge in [0.2, 0.25) is 0 Å². The standard InChI is InChI=1S/C9H15N3O/c1-5-11(3)9(13)8-6-7(2)10-12(8)4/h6H,5H2,1-4H3. The summed E-state index contributed by atoms with van der Waals surface area (Å²) in [6.07, 6.45) is 0. The first-order valence-corrected chi connectivity index (χ1v) is 4.32. The van der Waals surface area contributed by atoms with E-state index in [0.29, 0.717) is 12.2 Å². The van der Waals surface area contributed by atoms with Gasteiger partial charge in [-0.1, -0.05) is 0 Å². The lowest BCUT2D eigenvalue weighted by Crippen LogP contribution is -2.28. The van der Waals surface area contributed by atoms with Crippen molar-refractivity contribution >= 4 is 5.91 Å². The smallest absolute Gasteiger partial charge is 0.271 e. The Bertz CT molecular complexity index is 317. The highest BCUT2D eigenvalue weighted by Crippen LogP contribution is 2.04. The fourth-order valence-electron chi connectivity index (χ4n) is 1.15. The van der Waals surface area contributed by atoms with E-state index < -0.39 is 0 Å². The molecule has 1 aromatic heterocycles. The van der Waals surface area contributed by atoms with Crippen molar-refractivity contribution in [3.63, 3.8) is 0 Å². The van der Waals surface area contributed by atoms with Crippen molar-refractivity contribution in [2.45, 2.75) is 13.8 Å². The third kappa shape index (κ3) is 1.88. The van der Waals surface area contributed by atoms with Gasteiger partial charge >= 0.3 is 0 Å². The molecule has 0 spiro atoms. The van der Waals surface area contributed by atoms with E-state index in [2.05, 4.69) is 5.10 Å². The van der Waals surface area contributed by atoms with Gasteiger partial charge in [-0.15, -0.1) is 0 Å². The van der Waals surface area contributed by atoms with E-state index in [1.54, 1.807) is 29.7 Å². The topological polar surface area (TPSA) is 38.1 Å². The summed E-state index contributed by atoms with van der Waals surface area (Å²) in [5.41, 5.74) is 1.51. The van der Waals surface area contributed by atoms with Crippen molar-refractivity contribution in [3.05, 3.63) is 17.5 Å². The van der Waals surface area contributed by atoms with Gasteiger partial charge in [-0.05, 0) is 19.9 Å². The van der Waals surface area contributed by atoms with E-state index >= 15 is 0 Å². The maximum Gasteiger partial charge on any atom is 0.271 e. The molecule has 0 N–H and O–H groups in total. The second-order valence-corrected chi connectivity index (χ2v) is 3.11. The van der Waals surface area contributed by atoms with E-state index in [4.69, 9.17) is 0 Å². The molecule has 0 radical (unpaired) electrons. The Hall–Kier alpha value is -1.32. The molecule has 1 aromatic rings. The minimum absolute atomic E-state index is 0.0191. The van der Waals surface area contributed by atoms with Gasteiger partial charge in [0.05, 0.1) is 5.69 Å². The maximum atomic E-state index is 11.7. The monoisotopic (exact) mass is 181 g/mol. The average Bonchev–Trinajstić information content (AvgIpc) is 2.42. The summed E-state index contributed by atoms with van der Waals surface area (Å²) in [4.78, 5) is 13.3. The van der Waals surface area contributed by atoms with E-state index in [9.17, 15) is 4.79 Å². The second kappa shape index (κ2) is 3.60. The molecule has 0 saturated carbocycles. The van der Waals surface area contributed by atoms with Crippen LogP contribution in [0.2, 0.25) is 0 Å². The number of carbonyl (C=O) groups excluding carboxylic acids is 1. The van der Waals surface area contributed by atoms with Gasteiger partial charge in [-0.3, -0.25) is 9.48 Å². The van der Waals surface area contributed by atoms with Crippen LogP contribution in [0.1, 0.15) is 23.1 Å². The summed E-state index contributed by atoms with van der Waals surface area (Å²) in [6.45, 7) is 4.53. The minimum Gasteiger partial charge on any atom is -0.341 e. The number of nitrogens with zero attached hydrogens (tertiary/aromatic N) is 3. The van der Waals surface area contributed by atoms with E-state index in [0.717, 1.165) is 5.69 Å². The molecular weight excluding hydrogens is 166 g/mol. The highest BCUT2D eigenvalue weighted by atomic mass is 16.2. The van der Waals surface area contributed by atoms with Gasteiger partial charge in [0.15, 0.2) is 0 Å². The number of aryl methyl sites for hydroxylation is 2. The van der Waals surface area contributed by atoms with Crippen molar-refractivity contribution < 1.29 is 4.79 Å². The number of carbonyl (C=O) groups is 1. The Morgan fingerprint density at radius 2 is 2.31 bits per heavy atom. The first-order chi connectivity index (χ1) is 6.06. The molecule has 0 saturated heterocycles. The van der Waals surface area contributed by atoms with Gasteiger partial charge in [-0.2, -0.15) is 5.10 Å². The van der Waals surface area contributed by atoms with E-state index in [-0.39, 0.29) is 5.91 Å². The largest absolute Gasteiger partial charge is 0.341 e. The zero-order chi connectivity index (χ0) is 10.0. The lowest BCUT2D eigenvalue weighted by molar-refractivity contribution is 0.0791. The van der Waals surface area contributed by atoms with E-state index in [1.807, 2.05) is 13.8 Å². The Morgan fingerprint density at radius 3 is 2.69 bits per heavy atom. The molecule has 1 rings (SSSR count). The van der Waals surface area contributed by atoms with Crippen molar-refractivity contribution in [3.8, 4) is 0 Å². The van der Waals surface area contributed by atoms with Crippen molar-refractivity contribution in [2.24, 2.45) is 7.05 Å². The Kier molecular flexibility index (Phi) is 2.70. The van der Waals surface area contributed by atoms with Crippen LogP contribution in [0.15, 0.2) is 6.07 Å². The van der Waals surface area contributed by atoms with Gasteiger partial charge < -0.3 is 4.90 Å². The fraction of sp³-hybridized carbons (Fsp3) is 0.556. The molecule has 0 aliphatic rings. The molecular formula is C9H15N3O. The highest BCUT2D eigenvalue weighted by molar-refractivity contribution is 5.92. The number of hydrogen-bond donors (Lipinski definition) is 0. The Labute approximate surface area is 78.1 Å². The van der Waals surface area contributed by atoms with Crippen LogP contribution in [0.4, 0.5) is 0 Å². The summed E-state index contributed by atoms with van der Waals surface area (Å²) in [7, 11) is 3.56. The molecule has 0 fully saturated rings. The van der Waals surface area contributed by atoms with Crippen molar-refractivity contribution in [1.29, 1.82) is 0 Å². The Morgan fingerprint density at radius 1 is 1.69 bits per heavy atom. The van der Waals surface area contributed by atoms with Crippen LogP contribution < -0.4 is 0 Å². The van der Waals surface area contributed by atoms with Gasteiger partial charge in [0.25, 0.3) is 5.91 Å². The van der Waals surface area contributed by atoms with Crippen LogP contribution in [0.25, 0.3) is 0 Å². The van der Waals surface area contributed by atoms with Crippen LogP contribution in [0.3, 0.4) is 0 Å². The normalized spacial score (nSPS) is 10.2. The SMILES string of the molecule is CCN(C)C(=O)c1cc(C)nn1C. The zero-order valence-corrected chi connectivity index (χ0v) is 8.53. The quantitative estimate of drug-likeness (QED) is 0.677. The van der Waals surface area contributed by atoms with Crippen LogP contribution in [0.5, 0.6) is 0 Å². The van der Waals surface area contributed by atoms with Gasteiger partial charge in [-0.25, -0.2) is 0 Å². The molecule has 0 unspecified atom stereocenters. The molecule has 0 aliphatic heterocycles.